The van der Waals surface area contributed by atoms with Gasteiger partial charge in [-0.15, -0.1) is 0 Å². The van der Waals surface area contributed by atoms with Crippen molar-refractivity contribution in [1.29, 1.82) is 0 Å². The Labute approximate surface area is 131 Å². The summed E-state index contributed by atoms with van der Waals surface area (Å²) >= 11 is 9.20. The smallest absolute Gasteiger partial charge is 0.129 e. The number of pyridine rings is 1. The first-order chi connectivity index (χ1) is 9.49. The number of rotatable bonds is 5. The molecule has 7 heteroatoms. The van der Waals surface area contributed by atoms with Crippen molar-refractivity contribution >= 4 is 27.5 Å². The van der Waals surface area contributed by atoms with Gasteiger partial charge in [-0.3, -0.25) is 4.68 Å². The zero-order valence-corrected chi connectivity index (χ0v) is 13.6. The van der Waals surface area contributed by atoms with E-state index in [0.717, 1.165) is 16.7 Å². The molecule has 1 unspecified atom stereocenters. The maximum absolute atomic E-state index is 10.5. The van der Waals surface area contributed by atoms with Gasteiger partial charge >= 0.3 is 0 Å². The van der Waals surface area contributed by atoms with Crippen molar-refractivity contribution in [2.75, 3.05) is 20.6 Å². The number of nitrogens with zero attached hydrogens (tertiary/aromatic N) is 4. The second-order valence-electron chi connectivity index (χ2n) is 4.72. The molecule has 0 saturated heterocycles. The summed E-state index contributed by atoms with van der Waals surface area (Å²) in [6, 6.07) is 3.42. The van der Waals surface area contributed by atoms with Crippen LogP contribution in [-0.4, -0.2) is 45.4 Å². The minimum absolute atomic E-state index is 0.404. The van der Waals surface area contributed by atoms with Gasteiger partial charge in [0.1, 0.15) is 11.3 Å². The van der Waals surface area contributed by atoms with Crippen LogP contribution in [0.5, 0.6) is 0 Å². The van der Waals surface area contributed by atoms with Gasteiger partial charge in [-0.05, 0) is 36.1 Å². The number of aromatic nitrogens is 3. The highest BCUT2D eigenvalue weighted by atomic mass is 79.9. The summed E-state index contributed by atoms with van der Waals surface area (Å²) in [7, 11) is 4.00. The molecule has 2 aromatic heterocycles. The summed E-state index contributed by atoms with van der Waals surface area (Å²) < 4.78 is 2.57. The quantitative estimate of drug-likeness (QED) is 0.833. The Balaban J connectivity index is 2.26. The lowest BCUT2D eigenvalue weighted by Gasteiger charge is -2.16. The Kier molecular flexibility index (Phi) is 5.15. The Morgan fingerprint density at radius 1 is 1.40 bits per heavy atom. The van der Waals surface area contributed by atoms with Gasteiger partial charge in [0.2, 0.25) is 0 Å². The van der Waals surface area contributed by atoms with Crippen molar-refractivity contribution in [3.05, 3.63) is 45.4 Å². The fourth-order valence-electron chi connectivity index (χ4n) is 1.82. The van der Waals surface area contributed by atoms with Crippen molar-refractivity contribution < 1.29 is 5.11 Å². The molecule has 20 heavy (non-hydrogen) atoms. The van der Waals surface area contributed by atoms with Crippen LogP contribution in [0.3, 0.4) is 0 Å². The van der Waals surface area contributed by atoms with Gasteiger partial charge in [-0.25, -0.2) is 4.98 Å². The highest BCUT2D eigenvalue weighted by molar-refractivity contribution is 9.10. The van der Waals surface area contributed by atoms with Crippen LogP contribution in [0, 0.1) is 0 Å². The molecule has 0 spiro atoms. The molecule has 0 amide bonds. The van der Waals surface area contributed by atoms with Crippen molar-refractivity contribution in [1.82, 2.24) is 19.7 Å². The fraction of sp³-hybridized carbons (Fsp3) is 0.385. The Morgan fingerprint density at radius 3 is 2.75 bits per heavy atom. The summed E-state index contributed by atoms with van der Waals surface area (Å²) in [4.78, 5) is 6.06. The number of halogens is 2. The third-order valence-electron chi connectivity index (χ3n) is 2.92. The predicted molar refractivity (Wildman–Crippen MR) is 81.8 cm³/mol. The predicted octanol–water partition coefficient (Wildman–Crippen LogP) is 2.34. The Hall–Kier alpha value is -0.950. The molecule has 5 nitrogen and oxygen atoms in total. The van der Waals surface area contributed by atoms with Gasteiger partial charge in [0.15, 0.2) is 0 Å². The van der Waals surface area contributed by atoms with Gasteiger partial charge in [0.25, 0.3) is 0 Å². The highest BCUT2D eigenvalue weighted by Gasteiger charge is 2.20. The molecule has 0 bridgehead atoms. The maximum atomic E-state index is 10.5. The van der Waals surface area contributed by atoms with Crippen LogP contribution in [0.25, 0.3) is 0 Å². The minimum atomic E-state index is -0.793. The molecule has 2 rings (SSSR count). The molecule has 0 fully saturated rings. The van der Waals surface area contributed by atoms with E-state index in [4.69, 9.17) is 11.6 Å². The van der Waals surface area contributed by atoms with E-state index in [1.54, 1.807) is 29.2 Å². The lowest BCUT2D eigenvalue weighted by molar-refractivity contribution is 0.204. The van der Waals surface area contributed by atoms with Crippen LogP contribution in [-0.2, 0) is 6.54 Å². The van der Waals surface area contributed by atoms with E-state index in [0.29, 0.717) is 17.3 Å². The molecule has 1 atom stereocenters. The van der Waals surface area contributed by atoms with Gasteiger partial charge in [0.05, 0.1) is 22.9 Å². The molecule has 1 N–H and O–H groups in total. The summed E-state index contributed by atoms with van der Waals surface area (Å²) in [5.74, 6) is 0. The van der Waals surface area contributed by atoms with Crippen LogP contribution in [0.4, 0.5) is 0 Å². The molecule has 0 aliphatic carbocycles. The minimum Gasteiger partial charge on any atom is -0.382 e. The van der Waals surface area contributed by atoms with Crippen molar-refractivity contribution in [2.45, 2.75) is 12.6 Å². The molecule has 0 saturated carbocycles. The molecule has 2 heterocycles. The fourth-order valence-corrected chi connectivity index (χ4v) is 2.45. The van der Waals surface area contributed by atoms with E-state index in [1.807, 2.05) is 14.1 Å². The van der Waals surface area contributed by atoms with Crippen LogP contribution in [0.2, 0.25) is 5.15 Å². The van der Waals surface area contributed by atoms with Gasteiger partial charge in [-0.2, -0.15) is 5.10 Å². The maximum Gasteiger partial charge on any atom is 0.129 e. The Morgan fingerprint density at radius 2 is 2.15 bits per heavy atom. The third-order valence-corrected chi connectivity index (χ3v) is 3.75. The second kappa shape index (κ2) is 6.67. The van der Waals surface area contributed by atoms with Crippen molar-refractivity contribution in [3.63, 3.8) is 0 Å². The third kappa shape index (κ3) is 3.58. The van der Waals surface area contributed by atoms with E-state index in [2.05, 4.69) is 30.9 Å². The summed E-state index contributed by atoms with van der Waals surface area (Å²) in [5, 5.41) is 15.2. The van der Waals surface area contributed by atoms with E-state index >= 15 is 0 Å². The zero-order valence-electron chi connectivity index (χ0n) is 11.3. The molecule has 0 aliphatic heterocycles. The lowest BCUT2D eigenvalue weighted by atomic mass is 10.1. The first-order valence-corrected chi connectivity index (χ1v) is 7.31. The van der Waals surface area contributed by atoms with Crippen molar-refractivity contribution in [2.24, 2.45) is 0 Å². The number of aliphatic hydroxyl groups excluding tert-OH is 1. The first kappa shape index (κ1) is 15.4. The summed E-state index contributed by atoms with van der Waals surface area (Å²) in [6.07, 6.45) is 2.47. The van der Waals surface area contributed by atoms with E-state index in [-0.39, 0.29) is 0 Å². The van der Waals surface area contributed by atoms with Gasteiger partial charge in [0, 0.05) is 18.3 Å². The van der Waals surface area contributed by atoms with Gasteiger partial charge in [-0.1, -0.05) is 17.7 Å². The van der Waals surface area contributed by atoms with E-state index in [9.17, 15) is 5.11 Å². The van der Waals surface area contributed by atoms with Crippen molar-refractivity contribution in [3.8, 4) is 0 Å². The number of hydrogen-bond donors (Lipinski definition) is 1. The average Bonchev–Trinajstić information content (AvgIpc) is 2.77. The SMILES string of the molecule is CN(C)CCn1ncc(Br)c1C(O)c1ccc(Cl)nc1. The highest BCUT2D eigenvalue weighted by Crippen LogP contribution is 2.28. The van der Waals surface area contributed by atoms with Crippen LogP contribution in [0.15, 0.2) is 29.0 Å². The second-order valence-corrected chi connectivity index (χ2v) is 5.96. The van der Waals surface area contributed by atoms with Crippen LogP contribution < -0.4 is 0 Å². The molecule has 0 aromatic carbocycles. The van der Waals surface area contributed by atoms with E-state index in [1.165, 1.54) is 0 Å². The molecular formula is C13H16BrClN4O. The topological polar surface area (TPSA) is 54.2 Å². The van der Waals surface area contributed by atoms with Gasteiger partial charge < -0.3 is 10.0 Å². The molecule has 0 aliphatic rings. The molecular weight excluding hydrogens is 344 g/mol. The summed E-state index contributed by atoms with van der Waals surface area (Å²) in [6.45, 7) is 1.54. The number of likely N-dealkylation sites (N-methyl/N-ethyl adjacent to an activating group) is 1. The monoisotopic (exact) mass is 358 g/mol. The van der Waals surface area contributed by atoms with E-state index < -0.39 is 6.10 Å². The van der Waals surface area contributed by atoms with Crippen LogP contribution >= 0.6 is 27.5 Å². The Bertz CT molecular complexity index is 570. The first-order valence-electron chi connectivity index (χ1n) is 6.14. The number of hydrogen-bond acceptors (Lipinski definition) is 4. The molecule has 108 valence electrons. The molecule has 0 radical (unpaired) electrons. The largest absolute Gasteiger partial charge is 0.382 e. The van der Waals surface area contributed by atoms with Crippen LogP contribution in [0.1, 0.15) is 17.4 Å². The normalized spacial score (nSPS) is 12.9. The summed E-state index contributed by atoms with van der Waals surface area (Å²) in [5.41, 5.74) is 1.40. The number of aliphatic hydroxyl groups is 1. The average molecular weight is 360 g/mol. The molecule has 2 aromatic rings. The standard InChI is InChI=1S/C13H16BrClN4O/c1-18(2)5-6-19-12(10(14)8-17-19)13(20)9-3-4-11(15)16-7-9/h3-4,7-8,13,20H,5-6H2,1-2H3. The zero-order chi connectivity index (χ0) is 14.7. The lowest BCUT2D eigenvalue weighted by Crippen LogP contribution is -2.21.